The Balaban J connectivity index is 1.66. The van der Waals surface area contributed by atoms with Gasteiger partial charge in [0.15, 0.2) is 6.61 Å². The van der Waals surface area contributed by atoms with E-state index in [0.717, 1.165) is 12.8 Å². The summed E-state index contributed by atoms with van der Waals surface area (Å²) in [6, 6.07) is 0. The summed E-state index contributed by atoms with van der Waals surface area (Å²) in [7, 11) is 0. The zero-order valence-corrected chi connectivity index (χ0v) is 12.1. The van der Waals surface area contributed by atoms with Crippen LogP contribution < -0.4 is 0 Å². The number of esters is 3. The van der Waals surface area contributed by atoms with Gasteiger partial charge in [-0.25, -0.2) is 9.59 Å². The molecule has 0 radical (unpaired) electrons. The Hall–Kier alpha value is -1.85. The summed E-state index contributed by atoms with van der Waals surface area (Å²) in [5, 5.41) is 0. The van der Waals surface area contributed by atoms with Crippen molar-refractivity contribution in [1.29, 1.82) is 0 Å². The highest BCUT2D eigenvalue weighted by Crippen LogP contribution is 2.66. The molecule has 6 heteroatoms. The van der Waals surface area contributed by atoms with Gasteiger partial charge in [0.25, 0.3) is 5.79 Å². The van der Waals surface area contributed by atoms with E-state index in [0.29, 0.717) is 12.3 Å². The van der Waals surface area contributed by atoms with Gasteiger partial charge in [0.1, 0.15) is 0 Å². The van der Waals surface area contributed by atoms with Gasteiger partial charge in [-0.3, -0.25) is 4.79 Å². The van der Waals surface area contributed by atoms with Crippen LogP contribution in [0.2, 0.25) is 0 Å². The van der Waals surface area contributed by atoms with Gasteiger partial charge in [0.05, 0.1) is 11.3 Å². The molecule has 4 atom stereocenters. The molecule has 6 nitrogen and oxygen atoms in total. The molecule has 3 aliphatic rings. The summed E-state index contributed by atoms with van der Waals surface area (Å²) in [5.41, 5.74) is -0.335. The van der Waals surface area contributed by atoms with Gasteiger partial charge in [-0.1, -0.05) is 6.58 Å². The van der Waals surface area contributed by atoms with E-state index in [9.17, 15) is 14.4 Å². The SMILES string of the molecule is C=C(C)C(=O)OCC(=O)OC12CC3CC1C(C)(C3)C(=O)O2. The predicted octanol–water partition coefficient (Wildman–Crippen LogP) is 1.34. The van der Waals surface area contributed by atoms with Crippen molar-refractivity contribution in [2.75, 3.05) is 6.61 Å². The second kappa shape index (κ2) is 4.32. The van der Waals surface area contributed by atoms with E-state index in [4.69, 9.17) is 14.2 Å². The molecular formula is C15H18O6. The van der Waals surface area contributed by atoms with Crippen molar-refractivity contribution in [1.82, 2.24) is 0 Å². The van der Waals surface area contributed by atoms with Gasteiger partial charge in [0.2, 0.25) is 0 Å². The van der Waals surface area contributed by atoms with Crippen LogP contribution >= 0.6 is 0 Å². The van der Waals surface area contributed by atoms with Crippen LogP contribution in [0.1, 0.15) is 33.1 Å². The highest BCUT2D eigenvalue weighted by atomic mass is 16.7. The smallest absolute Gasteiger partial charge is 0.347 e. The first-order valence-electron chi connectivity index (χ1n) is 7.05. The summed E-state index contributed by atoms with van der Waals surface area (Å²) in [5.74, 6) is -2.54. The maximum Gasteiger partial charge on any atom is 0.347 e. The van der Waals surface area contributed by atoms with E-state index in [1.54, 1.807) is 0 Å². The molecule has 21 heavy (non-hydrogen) atoms. The molecule has 0 aromatic rings. The van der Waals surface area contributed by atoms with Gasteiger partial charge < -0.3 is 14.2 Å². The minimum atomic E-state index is -1.15. The first-order chi connectivity index (χ1) is 9.77. The third-order valence-electron chi connectivity index (χ3n) is 4.84. The fourth-order valence-electron chi connectivity index (χ4n) is 4.00. The van der Waals surface area contributed by atoms with Gasteiger partial charge >= 0.3 is 17.9 Å². The van der Waals surface area contributed by atoms with Crippen LogP contribution in [0.4, 0.5) is 0 Å². The number of carbonyl (C=O) groups excluding carboxylic acids is 3. The van der Waals surface area contributed by atoms with Crippen molar-refractivity contribution >= 4 is 17.9 Å². The van der Waals surface area contributed by atoms with E-state index in [2.05, 4.69) is 6.58 Å². The molecule has 114 valence electrons. The molecule has 0 amide bonds. The molecule has 2 saturated carbocycles. The van der Waals surface area contributed by atoms with E-state index >= 15 is 0 Å². The summed E-state index contributed by atoms with van der Waals surface area (Å²) in [6.45, 7) is 6.29. The molecule has 1 aliphatic heterocycles. The molecular weight excluding hydrogens is 276 g/mol. The van der Waals surface area contributed by atoms with E-state index in [1.165, 1.54) is 6.92 Å². The van der Waals surface area contributed by atoms with E-state index in [-0.39, 0.29) is 17.5 Å². The zero-order chi connectivity index (χ0) is 15.4. The van der Waals surface area contributed by atoms with Crippen LogP contribution in [0.15, 0.2) is 12.2 Å². The largest absolute Gasteiger partial charge is 0.450 e. The van der Waals surface area contributed by atoms with Crippen molar-refractivity contribution < 1.29 is 28.6 Å². The third-order valence-corrected chi connectivity index (χ3v) is 4.84. The summed E-state index contributed by atoms with van der Waals surface area (Å²) < 4.78 is 15.6. The van der Waals surface area contributed by atoms with Crippen LogP contribution in [-0.4, -0.2) is 30.3 Å². The second-order valence-electron chi connectivity index (χ2n) is 6.51. The molecule has 0 aromatic heterocycles. The fourth-order valence-corrected chi connectivity index (χ4v) is 4.00. The summed E-state index contributed by atoms with van der Waals surface area (Å²) in [6.07, 6.45) is 2.17. The number of hydrogen-bond acceptors (Lipinski definition) is 6. The minimum Gasteiger partial charge on any atom is -0.450 e. The van der Waals surface area contributed by atoms with Crippen molar-refractivity contribution in [3.63, 3.8) is 0 Å². The lowest BCUT2D eigenvalue weighted by Gasteiger charge is -2.32. The molecule has 1 saturated heterocycles. The lowest BCUT2D eigenvalue weighted by molar-refractivity contribution is -0.225. The maximum absolute atomic E-state index is 12.0. The number of fused-ring (bicyclic) bond motifs is 1. The molecule has 2 bridgehead atoms. The van der Waals surface area contributed by atoms with Crippen LogP contribution in [0.5, 0.6) is 0 Å². The third kappa shape index (κ3) is 1.96. The van der Waals surface area contributed by atoms with Crippen LogP contribution in [0.3, 0.4) is 0 Å². The number of hydrogen-bond donors (Lipinski definition) is 0. The Kier molecular flexibility index (Phi) is 2.90. The van der Waals surface area contributed by atoms with Crippen molar-refractivity contribution in [3.8, 4) is 0 Å². The molecule has 3 rings (SSSR count). The first-order valence-corrected chi connectivity index (χ1v) is 7.05. The summed E-state index contributed by atoms with van der Waals surface area (Å²) >= 11 is 0. The fraction of sp³-hybridized carbons (Fsp3) is 0.667. The van der Waals surface area contributed by atoms with Gasteiger partial charge in [0, 0.05) is 12.0 Å². The van der Waals surface area contributed by atoms with Crippen LogP contribution in [0.25, 0.3) is 0 Å². The minimum absolute atomic E-state index is 0.0942. The van der Waals surface area contributed by atoms with Crippen molar-refractivity contribution in [3.05, 3.63) is 12.2 Å². The van der Waals surface area contributed by atoms with E-state index in [1.807, 2.05) is 6.92 Å². The second-order valence-corrected chi connectivity index (χ2v) is 6.51. The van der Waals surface area contributed by atoms with Crippen LogP contribution in [0, 0.1) is 17.3 Å². The topological polar surface area (TPSA) is 78.9 Å². The molecule has 0 N–H and O–H groups in total. The van der Waals surface area contributed by atoms with Gasteiger partial charge in [-0.2, -0.15) is 0 Å². The summed E-state index contributed by atoms with van der Waals surface area (Å²) in [4.78, 5) is 35.2. The van der Waals surface area contributed by atoms with Crippen molar-refractivity contribution in [2.45, 2.75) is 38.9 Å². The Labute approximate surface area is 122 Å². The molecule has 0 aromatic carbocycles. The normalized spacial score (nSPS) is 39.0. The highest BCUT2D eigenvalue weighted by Gasteiger charge is 2.73. The quantitative estimate of drug-likeness (QED) is 0.575. The highest BCUT2D eigenvalue weighted by molar-refractivity contribution is 5.88. The first kappa shape index (κ1) is 14.1. The average molecular weight is 294 g/mol. The van der Waals surface area contributed by atoms with Gasteiger partial charge in [-0.15, -0.1) is 0 Å². The predicted molar refractivity (Wildman–Crippen MR) is 69.6 cm³/mol. The molecule has 2 aliphatic carbocycles. The standard InChI is InChI=1S/C15H18O6/c1-8(2)12(17)19-7-11(16)20-15-6-9-4-10(15)14(3,5-9)13(18)21-15/h9-10H,1,4-7H2,2-3H3. The Bertz CT molecular complexity index is 552. The Morgan fingerprint density at radius 1 is 1.43 bits per heavy atom. The molecule has 0 spiro atoms. The van der Waals surface area contributed by atoms with Crippen molar-refractivity contribution in [2.24, 2.45) is 17.3 Å². The molecule has 4 unspecified atom stereocenters. The lowest BCUT2D eigenvalue weighted by atomic mass is 9.74. The Morgan fingerprint density at radius 2 is 2.14 bits per heavy atom. The monoisotopic (exact) mass is 294 g/mol. The van der Waals surface area contributed by atoms with Crippen LogP contribution in [-0.2, 0) is 28.6 Å². The average Bonchev–Trinajstić information content (AvgIpc) is 2.92. The zero-order valence-electron chi connectivity index (χ0n) is 12.1. The van der Waals surface area contributed by atoms with E-state index < -0.39 is 29.7 Å². The molecule has 3 fully saturated rings. The molecule has 1 heterocycles. The van der Waals surface area contributed by atoms with Gasteiger partial charge in [-0.05, 0) is 32.6 Å². The Morgan fingerprint density at radius 3 is 2.76 bits per heavy atom. The number of carbonyl (C=O) groups is 3. The number of ether oxygens (including phenoxy) is 3. The maximum atomic E-state index is 12.0. The lowest BCUT2D eigenvalue weighted by Crippen LogP contribution is -2.42. The number of rotatable bonds is 4.